The summed E-state index contributed by atoms with van der Waals surface area (Å²) in [5.41, 5.74) is 3.44. The van der Waals surface area contributed by atoms with Crippen LogP contribution in [0.1, 0.15) is 18.3 Å². The number of hydrogen-bond donors (Lipinski definition) is 1. The quantitative estimate of drug-likeness (QED) is 0.661. The van der Waals surface area contributed by atoms with Gasteiger partial charge in [0.2, 0.25) is 0 Å². The number of carbonyl (C=O) groups excluding carboxylic acids is 1. The summed E-state index contributed by atoms with van der Waals surface area (Å²) >= 11 is 3.38. The van der Waals surface area contributed by atoms with E-state index in [1.165, 1.54) is 0 Å². The molecule has 0 saturated carbocycles. The standard InChI is InChI=1S/C20H20BrN3O2/c1-13-12-14(2)24(23-13)19-7-5-4-6-18(19)22-20(25)15(3)26-17-10-8-16(21)9-11-17/h4-12,15H,1-3H3,(H,22,25). The van der Waals surface area contributed by atoms with Crippen molar-refractivity contribution in [3.8, 4) is 11.4 Å². The molecule has 0 spiro atoms. The number of rotatable bonds is 5. The minimum Gasteiger partial charge on any atom is -0.481 e. The van der Waals surface area contributed by atoms with E-state index in [0.717, 1.165) is 21.5 Å². The summed E-state index contributed by atoms with van der Waals surface area (Å²) < 4.78 is 8.51. The number of amides is 1. The molecule has 134 valence electrons. The molecule has 1 aromatic heterocycles. The molecule has 6 heteroatoms. The Labute approximate surface area is 161 Å². The lowest BCUT2D eigenvalue weighted by molar-refractivity contribution is -0.122. The van der Waals surface area contributed by atoms with E-state index in [1.54, 1.807) is 6.92 Å². The molecule has 0 aliphatic rings. The van der Waals surface area contributed by atoms with Gasteiger partial charge in [0.15, 0.2) is 6.10 Å². The lowest BCUT2D eigenvalue weighted by Crippen LogP contribution is -2.30. The zero-order chi connectivity index (χ0) is 18.7. The molecule has 0 radical (unpaired) electrons. The average Bonchev–Trinajstić information content (AvgIpc) is 2.95. The van der Waals surface area contributed by atoms with Gasteiger partial charge in [-0.2, -0.15) is 5.10 Å². The first kappa shape index (κ1) is 18.2. The van der Waals surface area contributed by atoms with Crippen molar-refractivity contribution >= 4 is 27.5 Å². The van der Waals surface area contributed by atoms with E-state index < -0.39 is 6.10 Å². The van der Waals surface area contributed by atoms with Gasteiger partial charge in [-0.15, -0.1) is 0 Å². The topological polar surface area (TPSA) is 56.2 Å². The molecule has 0 bridgehead atoms. The van der Waals surface area contributed by atoms with Gasteiger partial charge in [0.25, 0.3) is 5.91 Å². The summed E-state index contributed by atoms with van der Waals surface area (Å²) in [7, 11) is 0. The third-order valence-electron chi connectivity index (χ3n) is 3.90. The molecule has 3 aromatic rings. The fourth-order valence-electron chi connectivity index (χ4n) is 2.64. The number of nitrogens with one attached hydrogen (secondary N) is 1. The first-order valence-corrected chi connectivity index (χ1v) is 9.09. The van der Waals surface area contributed by atoms with Crippen LogP contribution < -0.4 is 10.1 Å². The zero-order valence-electron chi connectivity index (χ0n) is 14.9. The van der Waals surface area contributed by atoms with Crippen LogP contribution in [0.15, 0.2) is 59.1 Å². The Morgan fingerprint density at radius 2 is 1.85 bits per heavy atom. The van der Waals surface area contributed by atoms with E-state index in [2.05, 4.69) is 26.3 Å². The molecular weight excluding hydrogens is 394 g/mol. The first-order valence-electron chi connectivity index (χ1n) is 8.30. The molecule has 1 amide bonds. The Balaban J connectivity index is 1.77. The highest BCUT2D eigenvalue weighted by molar-refractivity contribution is 9.10. The summed E-state index contributed by atoms with van der Waals surface area (Å²) in [4.78, 5) is 12.6. The molecule has 1 heterocycles. The lowest BCUT2D eigenvalue weighted by atomic mass is 10.2. The Morgan fingerprint density at radius 1 is 1.15 bits per heavy atom. The lowest BCUT2D eigenvalue weighted by Gasteiger charge is -2.17. The van der Waals surface area contributed by atoms with Gasteiger partial charge in [-0.25, -0.2) is 4.68 Å². The summed E-state index contributed by atoms with van der Waals surface area (Å²) in [6.07, 6.45) is -0.635. The molecule has 3 rings (SSSR count). The summed E-state index contributed by atoms with van der Waals surface area (Å²) in [6.45, 7) is 5.65. The van der Waals surface area contributed by atoms with Crippen molar-refractivity contribution in [2.45, 2.75) is 26.9 Å². The molecule has 5 nitrogen and oxygen atoms in total. The Hall–Kier alpha value is -2.60. The fourth-order valence-corrected chi connectivity index (χ4v) is 2.91. The van der Waals surface area contributed by atoms with Crippen LogP contribution in [-0.4, -0.2) is 21.8 Å². The van der Waals surface area contributed by atoms with Crippen molar-refractivity contribution in [3.63, 3.8) is 0 Å². The molecule has 0 aliphatic carbocycles. The second-order valence-electron chi connectivity index (χ2n) is 6.06. The molecule has 1 unspecified atom stereocenters. The average molecular weight is 414 g/mol. The summed E-state index contributed by atoms with van der Waals surface area (Å²) in [5, 5.41) is 7.44. The molecule has 1 atom stereocenters. The number of halogens is 1. The Morgan fingerprint density at radius 3 is 2.50 bits per heavy atom. The van der Waals surface area contributed by atoms with Gasteiger partial charge in [0.05, 0.1) is 17.1 Å². The van der Waals surface area contributed by atoms with Crippen molar-refractivity contribution in [2.24, 2.45) is 0 Å². The third-order valence-corrected chi connectivity index (χ3v) is 4.42. The molecule has 0 fully saturated rings. The van der Waals surface area contributed by atoms with Crippen LogP contribution >= 0.6 is 15.9 Å². The highest BCUT2D eigenvalue weighted by Crippen LogP contribution is 2.22. The number of nitrogens with zero attached hydrogens (tertiary/aromatic N) is 2. The second kappa shape index (κ2) is 7.74. The van der Waals surface area contributed by atoms with Crippen LogP contribution in [0, 0.1) is 13.8 Å². The molecule has 0 saturated heterocycles. The predicted molar refractivity (Wildman–Crippen MR) is 106 cm³/mol. The van der Waals surface area contributed by atoms with Crippen LogP contribution in [0.2, 0.25) is 0 Å². The second-order valence-corrected chi connectivity index (χ2v) is 6.97. The minimum atomic E-state index is -0.635. The van der Waals surface area contributed by atoms with Crippen molar-refractivity contribution < 1.29 is 9.53 Å². The maximum absolute atomic E-state index is 12.6. The number of carbonyl (C=O) groups is 1. The number of para-hydroxylation sites is 2. The number of aryl methyl sites for hydroxylation is 2. The largest absolute Gasteiger partial charge is 0.481 e. The molecule has 0 aliphatic heterocycles. The van der Waals surface area contributed by atoms with Crippen molar-refractivity contribution in [1.29, 1.82) is 0 Å². The highest BCUT2D eigenvalue weighted by Gasteiger charge is 2.17. The van der Waals surface area contributed by atoms with Crippen LogP contribution in [-0.2, 0) is 4.79 Å². The van der Waals surface area contributed by atoms with Gasteiger partial charge in [-0.05, 0) is 63.2 Å². The van der Waals surface area contributed by atoms with Gasteiger partial charge in [0, 0.05) is 10.2 Å². The fraction of sp³-hybridized carbons (Fsp3) is 0.200. The van der Waals surface area contributed by atoms with Crippen LogP contribution in [0.5, 0.6) is 5.75 Å². The van der Waals surface area contributed by atoms with E-state index in [9.17, 15) is 4.79 Å². The Kier molecular flexibility index (Phi) is 5.42. The molecule has 1 N–H and O–H groups in total. The van der Waals surface area contributed by atoms with Gasteiger partial charge in [-0.1, -0.05) is 28.1 Å². The number of aromatic nitrogens is 2. The molecular formula is C20H20BrN3O2. The smallest absolute Gasteiger partial charge is 0.265 e. The van der Waals surface area contributed by atoms with Crippen LogP contribution in [0.25, 0.3) is 5.69 Å². The van der Waals surface area contributed by atoms with E-state index in [1.807, 2.05) is 73.1 Å². The van der Waals surface area contributed by atoms with Crippen LogP contribution in [0.4, 0.5) is 5.69 Å². The number of hydrogen-bond acceptors (Lipinski definition) is 3. The maximum atomic E-state index is 12.6. The number of anilines is 1. The van der Waals surface area contributed by atoms with E-state index >= 15 is 0 Å². The maximum Gasteiger partial charge on any atom is 0.265 e. The van der Waals surface area contributed by atoms with Gasteiger partial charge in [-0.3, -0.25) is 4.79 Å². The normalized spacial score (nSPS) is 11.8. The summed E-state index contributed by atoms with van der Waals surface area (Å²) in [5.74, 6) is 0.421. The van der Waals surface area contributed by atoms with E-state index in [-0.39, 0.29) is 5.91 Å². The van der Waals surface area contributed by atoms with Crippen LogP contribution in [0.3, 0.4) is 0 Å². The number of ether oxygens (including phenoxy) is 1. The van der Waals surface area contributed by atoms with Crippen molar-refractivity contribution in [1.82, 2.24) is 9.78 Å². The number of benzene rings is 2. The van der Waals surface area contributed by atoms with Gasteiger partial charge < -0.3 is 10.1 Å². The Bertz CT molecular complexity index is 919. The van der Waals surface area contributed by atoms with E-state index in [4.69, 9.17) is 4.74 Å². The summed E-state index contributed by atoms with van der Waals surface area (Å²) in [6, 6.07) is 17.0. The van der Waals surface area contributed by atoms with Gasteiger partial charge in [0.1, 0.15) is 5.75 Å². The molecule has 2 aromatic carbocycles. The molecule has 26 heavy (non-hydrogen) atoms. The SMILES string of the molecule is Cc1cc(C)n(-c2ccccc2NC(=O)C(C)Oc2ccc(Br)cc2)n1. The predicted octanol–water partition coefficient (Wildman–Crippen LogP) is 4.66. The van der Waals surface area contributed by atoms with Gasteiger partial charge >= 0.3 is 0 Å². The van der Waals surface area contributed by atoms with Crippen molar-refractivity contribution in [3.05, 3.63) is 70.5 Å². The zero-order valence-corrected chi connectivity index (χ0v) is 16.4. The monoisotopic (exact) mass is 413 g/mol. The minimum absolute atomic E-state index is 0.220. The first-order chi connectivity index (χ1) is 12.4. The van der Waals surface area contributed by atoms with Crippen molar-refractivity contribution in [2.75, 3.05) is 5.32 Å². The highest BCUT2D eigenvalue weighted by atomic mass is 79.9. The third kappa shape index (κ3) is 4.14. The van der Waals surface area contributed by atoms with E-state index in [0.29, 0.717) is 11.4 Å².